The summed E-state index contributed by atoms with van der Waals surface area (Å²) in [5, 5.41) is 20.7. The number of methoxy groups -OCH3 is 1. The summed E-state index contributed by atoms with van der Waals surface area (Å²) in [6.07, 6.45) is -0.103. The number of nitrogens with zero attached hydrogens (tertiary/aromatic N) is 2. The molecule has 0 spiro atoms. The van der Waals surface area contributed by atoms with Crippen molar-refractivity contribution in [2.45, 2.75) is 37.5 Å². The van der Waals surface area contributed by atoms with E-state index in [2.05, 4.69) is 0 Å². The lowest BCUT2D eigenvalue weighted by Gasteiger charge is -2.46. The van der Waals surface area contributed by atoms with Gasteiger partial charge in [-0.25, -0.2) is 14.2 Å². The van der Waals surface area contributed by atoms with Crippen LogP contribution in [0.4, 0.5) is 9.18 Å². The van der Waals surface area contributed by atoms with Crippen molar-refractivity contribution in [3.05, 3.63) is 65.5 Å². The van der Waals surface area contributed by atoms with Crippen LogP contribution in [0.3, 0.4) is 0 Å². The average Bonchev–Trinajstić information content (AvgIpc) is 2.77. The van der Waals surface area contributed by atoms with Crippen LogP contribution in [0.1, 0.15) is 30.4 Å². The van der Waals surface area contributed by atoms with Gasteiger partial charge in [0.2, 0.25) is 0 Å². The standard InChI is InChI=1S/C23H25FN2O4S/c1-30-18-10-6-15(7-11-18)13-26(22(28)29)21-25-23(19-4-2-3-5-20(19)24)12-17(27)9-8-16(23)14-31-21/h2-7,10-11,16-17,27H,8-9,12-14H2,1H3,(H,28,29). The van der Waals surface area contributed by atoms with Gasteiger partial charge in [-0.1, -0.05) is 42.1 Å². The molecule has 1 fully saturated rings. The zero-order valence-electron chi connectivity index (χ0n) is 17.2. The van der Waals surface area contributed by atoms with Gasteiger partial charge in [0, 0.05) is 17.7 Å². The maximum atomic E-state index is 14.9. The minimum atomic E-state index is -1.12. The minimum absolute atomic E-state index is 0.0261. The third-order valence-electron chi connectivity index (χ3n) is 6.08. The van der Waals surface area contributed by atoms with E-state index >= 15 is 0 Å². The molecule has 1 amide bonds. The molecule has 3 atom stereocenters. The number of carbonyl (C=O) groups is 1. The number of hydrogen-bond acceptors (Lipinski definition) is 5. The molecular weight excluding hydrogens is 419 g/mol. The van der Waals surface area contributed by atoms with Crippen LogP contribution in [0.5, 0.6) is 5.75 Å². The Morgan fingerprint density at radius 2 is 2.00 bits per heavy atom. The molecule has 0 radical (unpaired) electrons. The molecule has 2 aromatic rings. The van der Waals surface area contributed by atoms with Gasteiger partial charge in [0.1, 0.15) is 11.6 Å². The van der Waals surface area contributed by atoms with Crippen molar-refractivity contribution in [3.63, 3.8) is 0 Å². The van der Waals surface area contributed by atoms with E-state index in [1.807, 2.05) is 12.1 Å². The van der Waals surface area contributed by atoms with Crippen LogP contribution in [0.25, 0.3) is 0 Å². The van der Waals surface area contributed by atoms with E-state index in [1.54, 1.807) is 37.4 Å². The summed E-state index contributed by atoms with van der Waals surface area (Å²) in [7, 11) is 1.57. The van der Waals surface area contributed by atoms with Crippen molar-refractivity contribution >= 4 is 23.0 Å². The van der Waals surface area contributed by atoms with E-state index in [0.717, 1.165) is 5.56 Å². The lowest BCUT2D eigenvalue weighted by atomic mass is 9.68. The van der Waals surface area contributed by atoms with Crippen molar-refractivity contribution in [1.29, 1.82) is 0 Å². The topological polar surface area (TPSA) is 82.4 Å². The second-order valence-electron chi connectivity index (χ2n) is 7.96. The summed E-state index contributed by atoms with van der Waals surface area (Å²) in [6, 6.07) is 13.6. The highest BCUT2D eigenvalue weighted by Gasteiger charge is 2.49. The van der Waals surface area contributed by atoms with E-state index in [4.69, 9.17) is 9.73 Å². The molecule has 164 valence electrons. The molecule has 2 N–H and O–H groups in total. The average molecular weight is 445 g/mol. The maximum Gasteiger partial charge on any atom is 0.413 e. The Balaban J connectivity index is 1.74. The zero-order valence-corrected chi connectivity index (χ0v) is 18.0. The number of aliphatic imine (C=N–C) groups is 1. The van der Waals surface area contributed by atoms with Gasteiger partial charge in [0.05, 0.1) is 25.3 Å². The fraction of sp³-hybridized carbons (Fsp3) is 0.391. The Bertz CT molecular complexity index is 984. The second kappa shape index (κ2) is 8.88. The number of rotatable bonds is 4. The Hall–Kier alpha value is -2.58. The molecule has 0 saturated heterocycles. The van der Waals surface area contributed by atoms with Gasteiger partial charge in [0.25, 0.3) is 0 Å². The van der Waals surface area contributed by atoms with Crippen LogP contribution in [-0.4, -0.2) is 45.3 Å². The SMILES string of the molecule is COc1ccc(CN(C(=O)O)C2=NC3(c4ccccc4F)CC(O)CCC3CS2)cc1. The highest BCUT2D eigenvalue weighted by Crippen LogP contribution is 2.50. The molecule has 0 bridgehead atoms. The molecule has 6 nitrogen and oxygen atoms in total. The van der Waals surface area contributed by atoms with Crippen molar-refractivity contribution in [1.82, 2.24) is 4.90 Å². The summed E-state index contributed by atoms with van der Waals surface area (Å²) in [4.78, 5) is 18.2. The Morgan fingerprint density at radius 1 is 1.26 bits per heavy atom. The zero-order chi connectivity index (χ0) is 22.0. The second-order valence-corrected chi connectivity index (χ2v) is 8.95. The predicted molar refractivity (Wildman–Crippen MR) is 118 cm³/mol. The van der Waals surface area contributed by atoms with Crippen LogP contribution in [0.2, 0.25) is 0 Å². The van der Waals surface area contributed by atoms with E-state index in [-0.39, 0.29) is 24.7 Å². The summed E-state index contributed by atoms with van der Waals surface area (Å²) < 4.78 is 20.0. The summed E-state index contributed by atoms with van der Waals surface area (Å²) >= 11 is 1.38. The van der Waals surface area contributed by atoms with Crippen LogP contribution in [0.15, 0.2) is 53.5 Å². The lowest BCUT2D eigenvalue weighted by molar-refractivity contribution is 0.0553. The molecule has 8 heteroatoms. The van der Waals surface area contributed by atoms with E-state index in [9.17, 15) is 19.4 Å². The van der Waals surface area contributed by atoms with Crippen LogP contribution in [-0.2, 0) is 12.1 Å². The van der Waals surface area contributed by atoms with Gasteiger partial charge >= 0.3 is 6.09 Å². The van der Waals surface area contributed by atoms with Gasteiger partial charge in [-0.2, -0.15) is 0 Å². The molecular formula is C23H25FN2O4S. The molecule has 1 saturated carbocycles. The number of hydrogen-bond donors (Lipinski definition) is 2. The van der Waals surface area contributed by atoms with Gasteiger partial charge in [0.15, 0.2) is 5.17 Å². The molecule has 1 aliphatic carbocycles. The molecule has 4 rings (SSSR count). The molecule has 3 unspecified atom stereocenters. The van der Waals surface area contributed by atoms with E-state index in [0.29, 0.717) is 35.1 Å². The van der Waals surface area contributed by atoms with Crippen molar-refractivity contribution in [2.75, 3.05) is 12.9 Å². The van der Waals surface area contributed by atoms with Crippen molar-refractivity contribution in [3.8, 4) is 5.75 Å². The van der Waals surface area contributed by atoms with Gasteiger partial charge in [-0.05, 0) is 42.5 Å². The van der Waals surface area contributed by atoms with Crippen molar-refractivity contribution < 1.29 is 24.1 Å². The molecule has 0 aromatic heterocycles. The largest absolute Gasteiger partial charge is 0.497 e. The summed E-state index contributed by atoms with van der Waals surface area (Å²) in [5.41, 5.74) is 0.237. The fourth-order valence-corrected chi connectivity index (χ4v) is 5.79. The molecule has 1 aliphatic heterocycles. The Labute approximate surface area is 184 Å². The highest BCUT2D eigenvalue weighted by atomic mass is 32.2. The Morgan fingerprint density at radius 3 is 2.68 bits per heavy atom. The Kier molecular flexibility index (Phi) is 6.20. The van der Waals surface area contributed by atoms with Gasteiger partial charge in [-0.3, -0.25) is 4.90 Å². The number of ether oxygens (including phenoxy) is 1. The molecule has 2 aromatic carbocycles. The van der Waals surface area contributed by atoms with E-state index < -0.39 is 17.7 Å². The minimum Gasteiger partial charge on any atom is -0.497 e. The number of carboxylic acid groups (broad SMARTS) is 1. The quantitative estimate of drug-likeness (QED) is 0.727. The number of benzene rings is 2. The first-order valence-corrected chi connectivity index (χ1v) is 11.2. The van der Waals surface area contributed by atoms with Gasteiger partial charge < -0.3 is 14.9 Å². The monoisotopic (exact) mass is 444 g/mol. The number of fused-ring (bicyclic) bond motifs is 1. The number of aliphatic hydroxyl groups excluding tert-OH is 1. The number of amides is 1. The van der Waals surface area contributed by atoms with Crippen LogP contribution < -0.4 is 4.74 Å². The number of halogens is 1. The molecule has 2 aliphatic rings. The fourth-order valence-electron chi connectivity index (χ4n) is 4.47. The summed E-state index contributed by atoms with van der Waals surface area (Å²) in [6.45, 7) is 0.117. The van der Waals surface area contributed by atoms with Gasteiger partial charge in [-0.15, -0.1) is 0 Å². The highest BCUT2D eigenvalue weighted by molar-refractivity contribution is 8.13. The maximum absolute atomic E-state index is 14.9. The predicted octanol–water partition coefficient (Wildman–Crippen LogP) is 4.47. The number of amidine groups is 1. The summed E-state index contributed by atoms with van der Waals surface area (Å²) in [5.74, 6) is 0.950. The molecule has 1 heterocycles. The van der Waals surface area contributed by atoms with Crippen molar-refractivity contribution in [2.24, 2.45) is 10.9 Å². The van der Waals surface area contributed by atoms with Crippen LogP contribution >= 0.6 is 11.8 Å². The first-order chi connectivity index (χ1) is 14.9. The normalized spacial score (nSPS) is 25.3. The third kappa shape index (κ3) is 4.27. The third-order valence-corrected chi connectivity index (χ3v) is 7.22. The molecule has 31 heavy (non-hydrogen) atoms. The smallest absolute Gasteiger partial charge is 0.413 e. The van der Waals surface area contributed by atoms with Crippen LogP contribution in [0, 0.1) is 11.7 Å². The first-order valence-electron chi connectivity index (χ1n) is 10.2. The lowest BCUT2D eigenvalue weighted by Crippen LogP contribution is -2.48. The van der Waals surface area contributed by atoms with E-state index in [1.165, 1.54) is 22.7 Å². The number of thioether (sulfide) groups is 1. The number of aliphatic hydroxyl groups is 1. The first kappa shape index (κ1) is 21.6.